The van der Waals surface area contributed by atoms with E-state index in [1.807, 2.05) is 14.0 Å². The number of halogens is 2. The van der Waals surface area contributed by atoms with Gasteiger partial charge in [-0.3, -0.25) is 9.20 Å². The van der Waals surface area contributed by atoms with Gasteiger partial charge in [-0.25, -0.2) is 0 Å². The van der Waals surface area contributed by atoms with E-state index in [1.165, 1.54) is 22.9 Å². The molecule has 0 saturated heterocycles. The van der Waals surface area contributed by atoms with Crippen LogP contribution in [0.15, 0.2) is 33.7 Å². The summed E-state index contributed by atoms with van der Waals surface area (Å²) >= 11 is 3.70. The quantitative estimate of drug-likeness (QED) is 0.305. The third kappa shape index (κ3) is 5.92. The van der Waals surface area contributed by atoms with Gasteiger partial charge in [-0.1, -0.05) is 47.5 Å². The molecule has 27 heavy (non-hydrogen) atoms. The summed E-state index contributed by atoms with van der Waals surface area (Å²) in [4.78, 5) is 4.43. The summed E-state index contributed by atoms with van der Waals surface area (Å²) in [5, 5.41) is 7.45. The van der Waals surface area contributed by atoms with Crippen LogP contribution < -0.4 is 10.6 Å². The second kappa shape index (κ2) is 10.6. The van der Waals surface area contributed by atoms with Crippen LogP contribution in [0.1, 0.15) is 51.0 Å². The van der Waals surface area contributed by atoms with Crippen LogP contribution in [0.5, 0.6) is 0 Å². The van der Waals surface area contributed by atoms with Gasteiger partial charge in [0.25, 0.3) is 0 Å². The molecule has 0 aliphatic heterocycles. The molecular weight excluding hydrogens is 537 g/mol. The molecule has 3 unspecified atom stereocenters. The van der Waals surface area contributed by atoms with Crippen molar-refractivity contribution in [3.63, 3.8) is 0 Å². The molecule has 152 valence electrons. The van der Waals surface area contributed by atoms with Crippen LogP contribution in [-0.4, -0.2) is 40.8 Å². The molecule has 3 atom stereocenters. The van der Waals surface area contributed by atoms with Crippen LogP contribution in [-0.2, 0) is 16.2 Å². The van der Waals surface area contributed by atoms with Crippen molar-refractivity contribution in [2.24, 2.45) is 4.99 Å². The van der Waals surface area contributed by atoms with E-state index >= 15 is 0 Å². The monoisotopic (exact) mass is 567 g/mol. The summed E-state index contributed by atoms with van der Waals surface area (Å²) in [5.41, 5.74) is 1.61. The van der Waals surface area contributed by atoms with Gasteiger partial charge in [0.1, 0.15) is 0 Å². The minimum Gasteiger partial charge on any atom is -0.356 e. The van der Waals surface area contributed by atoms with Crippen LogP contribution in [0.25, 0.3) is 0 Å². The third-order valence-electron chi connectivity index (χ3n) is 5.74. The molecule has 0 radical (unpaired) electrons. The Bertz CT molecular complexity index is 681. The Morgan fingerprint density at radius 3 is 2.70 bits per heavy atom. The standard InChI is InChI=1S/C20H30BrN3OS.HI/c1-3-26(25)16-8-6-7-15(13-16)24-19(22-2)23-14-20(11-12-20)17-9-4-5-10-18(17)21;/h4-5,9-10,15-16H,3,6-8,11-14H2,1-2H3,(H2,22,23,24);1H. The Hall–Kier alpha value is -0.150. The van der Waals surface area contributed by atoms with E-state index in [4.69, 9.17) is 0 Å². The second-order valence-corrected chi connectivity index (χ2v) is 10.3. The molecule has 2 N–H and O–H groups in total. The molecule has 2 fully saturated rings. The van der Waals surface area contributed by atoms with E-state index < -0.39 is 10.8 Å². The summed E-state index contributed by atoms with van der Waals surface area (Å²) in [5.74, 6) is 1.63. The minimum absolute atomic E-state index is 0. The lowest BCUT2D eigenvalue weighted by Crippen LogP contribution is -2.48. The Balaban J connectivity index is 0.00000261. The fraction of sp³-hybridized carbons (Fsp3) is 0.650. The first-order valence-corrected chi connectivity index (χ1v) is 11.8. The first-order chi connectivity index (χ1) is 12.6. The molecule has 0 amide bonds. The highest BCUT2D eigenvalue weighted by atomic mass is 127. The zero-order valence-corrected chi connectivity index (χ0v) is 20.9. The van der Waals surface area contributed by atoms with Crippen molar-refractivity contribution in [1.82, 2.24) is 10.6 Å². The minimum atomic E-state index is -0.692. The van der Waals surface area contributed by atoms with Gasteiger partial charge in [0.05, 0.1) is 0 Å². The zero-order chi connectivity index (χ0) is 18.6. The fourth-order valence-corrected chi connectivity index (χ4v) is 6.03. The number of nitrogens with one attached hydrogen (secondary N) is 2. The lowest BCUT2D eigenvalue weighted by Gasteiger charge is -2.30. The molecule has 0 bridgehead atoms. The van der Waals surface area contributed by atoms with Gasteiger partial charge >= 0.3 is 0 Å². The maximum Gasteiger partial charge on any atom is 0.191 e. The molecule has 1 aromatic rings. The maximum absolute atomic E-state index is 12.2. The highest BCUT2D eigenvalue weighted by Gasteiger charge is 2.45. The molecule has 0 spiro atoms. The second-order valence-electron chi connectivity index (χ2n) is 7.49. The number of hydrogen-bond donors (Lipinski definition) is 2. The van der Waals surface area contributed by atoms with Crippen molar-refractivity contribution in [2.45, 2.75) is 62.2 Å². The predicted molar refractivity (Wildman–Crippen MR) is 130 cm³/mol. The topological polar surface area (TPSA) is 53.5 Å². The lowest BCUT2D eigenvalue weighted by molar-refractivity contribution is 0.413. The van der Waals surface area contributed by atoms with E-state index in [2.05, 4.69) is 55.8 Å². The van der Waals surface area contributed by atoms with Crippen molar-refractivity contribution >= 4 is 56.7 Å². The van der Waals surface area contributed by atoms with Gasteiger partial charge in [-0.05, 0) is 43.7 Å². The zero-order valence-electron chi connectivity index (χ0n) is 16.2. The summed E-state index contributed by atoms with van der Waals surface area (Å²) in [6.45, 7) is 2.91. The van der Waals surface area contributed by atoms with Crippen molar-refractivity contribution in [3.05, 3.63) is 34.3 Å². The van der Waals surface area contributed by atoms with Crippen LogP contribution in [0, 0.1) is 0 Å². The van der Waals surface area contributed by atoms with Crippen LogP contribution in [0.4, 0.5) is 0 Å². The summed E-state index contributed by atoms with van der Waals surface area (Å²) in [7, 11) is 1.14. The van der Waals surface area contributed by atoms with Crippen LogP contribution in [0.3, 0.4) is 0 Å². The first-order valence-electron chi connectivity index (χ1n) is 9.67. The molecule has 0 heterocycles. The van der Waals surface area contributed by atoms with Crippen LogP contribution >= 0.6 is 39.9 Å². The van der Waals surface area contributed by atoms with E-state index in [-0.39, 0.29) is 29.4 Å². The van der Waals surface area contributed by atoms with E-state index in [0.717, 1.165) is 43.9 Å². The lowest BCUT2D eigenvalue weighted by atomic mass is 9.95. The molecule has 2 saturated carbocycles. The summed E-state index contributed by atoms with van der Waals surface area (Å²) < 4.78 is 13.3. The molecule has 0 aromatic heterocycles. The molecule has 1 aromatic carbocycles. The average molecular weight is 568 g/mol. The molecule has 7 heteroatoms. The molecule has 2 aliphatic carbocycles. The van der Waals surface area contributed by atoms with Crippen molar-refractivity contribution in [3.8, 4) is 0 Å². The molecule has 3 rings (SSSR count). The van der Waals surface area contributed by atoms with E-state index in [0.29, 0.717) is 11.3 Å². The number of hydrogen-bond acceptors (Lipinski definition) is 2. The van der Waals surface area contributed by atoms with Crippen LogP contribution in [0.2, 0.25) is 0 Å². The number of guanidine groups is 1. The largest absolute Gasteiger partial charge is 0.356 e. The Morgan fingerprint density at radius 2 is 2.07 bits per heavy atom. The number of nitrogens with zero attached hydrogens (tertiary/aromatic N) is 1. The Labute approximate surface area is 191 Å². The van der Waals surface area contributed by atoms with Gasteiger partial charge in [0.2, 0.25) is 0 Å². The molecule has 4 nitrogen and oxygen atoms in total. The van der Waals surface area contributed by atoms with Crippen molar-refractivity contribution in [2.75, 3.05) is 19.3 Å². The highest BCUT2D eigenvalue weighted by Crippen LogP contribution is 2.49. The highest BCUT2D eigenvalue weighted by molar-refractivity contribution is 14.0. The summed E-state index contributed by atoms with van der Waals surface area (Å²) in [6, 6.07) is 8.90. The van der Waals surface area contributed by atoms with E-state index in [1.54, 1.807) is 0 Å². The molecule has 2 aliphatic rings. The maximum atomic E-state index is 12.2. The van der Waals surface area contributed by atoms with Gasteiger partial charge in [-0.15, -0.1) is 24.0 Å². The smallest absolute Gasteiger partial charge is 0.191 e. The number of benzene rings is 1. The fourth-order valence-electron chi connectivity index (χ4n) is 3.97. The van der Waals surface area contributed by atoms with Gasteiger partial charge < -0.3 is 10.6 Å². The Kier molecular flexibility index (Phi) is 9.06. The van der Waals surface area contributed by atoms with Crippen molar-refractivity contribution < 1.29 is 4.21 Å². The van der Waals surface area contributed by atoms with Gasteiger partial charge in [0.15, 0.2) is 5.96 Å². The van der Waals surface area contributed by atoms with Gasteiger partial charge in [-0.2, -0.15) is 0 Å². The number of aliphatic imine (C=N–C) groups is 1. The SMILES string of the molecule is CCS(=O)C1CCCC(NC(=NC)NCC2(c3ccccc3Br)CC2)C1.I. The number of rotatable bonds is 6. The average Bonchev–Trinajstić information content (AvgIpc) is 3.46. The van der Waals surface area contributed by atoms with Gasteiger partial charge in [0, 0.05) is 51.3 Å². The third-order valence-corrected chi connectivity index (χ3v) is 8.17. The first kappa shape index (κ1) is 23.1. The van der Waals surface area contributed by atoms with E-state index in [9.17, 15) is 4.21 Å². The Morgan fingerprint density at radius 1 is 1.33 bits per heavy atom. The van der Waals surface area contributed by atoms with Crippen molar-refractivity contribution in [1.29, 1.82) is 0 Å². The summed E-state index contributed by atoms with van der Waals surface area (Å²) in [6.07, 6.45) is 6.77. The normalized spacial score (nSPS) is 25.2. The predicted octanol–water partition coefficient (Wildman–Crippen LogP) is 4.34. The molecular formula is C20H31BrIN3OS.